The van der Waals surface area contributed by atoms with E-state index in [2.05, 4.69) is 0 Å². The van der Waals surface area contributed by atoms with Crippen LogP contribution in [0.15, 0.2) is 88.7 Å². The Morgan fingerprint density at radius 2 is 1.57 bits per heavy atom. The molecule has 0 amide bonds. The van der Waals surface area contributed by atoms with E-state index < -0.39 is 20.9 Å². The third-order valence-corrected chi connectivity index (χ3v) is 6.99. The number of hydrogen-bond acceptors (Lipinski definition) is 5. The van der Waals surface area contributed by atoms with Gasteiger partial charge in [0.25, 0.3) is 5.69 Å². The van der Waals surface area contributed by atoms with Crippen molar-refractivity contribution in [2.24, 2.45) is 0 Å². The van der Waals surface area contributed by atoms with E-state index in [1.807, 2.05) is 30.3 Å². The zero-order valence-electron chi connectivity index (χ0n) is 15.6. The van der Waals surface area contributed by atoms with Crippen LogP contribution in [0.3, 0.4) is 0 Å². The summed E-state index contributed by atoms with van der Waals surface area (Å²) in [4.78, 5) is 10.7. The van der Waals surface area contributed by atoms with Gasteiger partial charge in [-0.05, 0) is 42.0 Å². The zero-order chi connectivity index (χ0) is 21.3. The van der Waals surface area contributed by atoms with E-state index in [1.54, 1.807) is 0 Å². The summed E-state index contributed by atoms with van der Waals surface area (Å²) >= 11 is 5.90. The summed E-state index contributed by atoms with van der Waals surface area (Å²) in [6.45, 7) is 0. The number of rotatable bonds is 5. The topological polar surface area (TPSA) is 86.5 Å². The van der Waals surface area contributed by atoms with Crippen molar-refractivity contribution in [1.29, 1.82) is 0 Å². The molecule has 0 saturated carbocycles. The first-order chi connectivity index (χ1) is 14.4. The third kappa shape index (κ3) is 3.81. The average Bonchev–Trinajstić information content (AvgIpc) is 3.21. The molecule has 1 heterocycles. The molecule has 0 spiro atoms. The number of non-ortho nitro benzene ring substituents is 1. The lowest BCUT2D eigenvalue weighted by molar-refractivity contribution is -0.384. The van der Waals surface area contributed by atoms with E-state index in [9.17, 15) is 18.5 Å². The van der Waals surface area contributed by atoms with Gasteiger partial charge in [0.2, 0.25) is 9.84 Å². The summed E-state index contributed by atoms with van der Waals surface area (Å²) in [7, 11) is -3.86. The van der Waals surface area contributed by atoms with Crippen LogP contribution in [0.2, 0.25) is 5.02 Å². The number of halogens is 1. The van der Waals surface area contributed by atoms with Crippen molar-refractivity contribution >= 4 is 32.9 Å². The minimum atomic E-state index is -3.86. The van der Waals surface area contributed by atoms with E-state index in [0.29, 0.717) is 10.6 Å². The molecule has 152 valence electrons. The molecule has 30 heavy (non-hydrogen) atoms. The molecule has 0 radical (unpaired) electrons. The van der Waals surface area contributed by atoms with Crippen molar-refractivity contribution in [3.05, 3.63) is 110 Å². The molecule has 0 aliphatic carbocycles. The zero-order valence-corrected chi connectivity index (χ0v) is 17.1. The first-order valence-corrected chi connectivity index (χ1v) is 10.9. The molecular weight excluding hydrogens is 426 g/mol. The highest BCUT2D eigenvalue weighted by Crippen LogP contribution is 2.44. The van der Waals surface area contributed by atoms with Gasteiger partial charge in [-0.1, -0.05) is 41.9 Å². The summed E-state index contributed by atoms with van der Waals surface area (Å²) < 4.78 is 32.9. The highest BCUT2D eigenvalue weighted by molar-refractivity contribution is 7.95. The molecule has 0 fully saturated rings. The summed E-state index contributed by atoms with van der Waals surface area (Å²) in [5, 5.41) is 11.4. The van der Waals surface area contributed by atoms with Gasteiger partial charge in [0, 0.05) is 29.1 Å². The van der Waals surface area contributed by atoms with Gasteiger partial charge in [-0.2, -0.15) is 0 Å². The van der Waals surface area contributed by atoms with Crippen LogP contribution in [0.4, 0.5) is 5.69 Å². The molecule has 3 aromatic carbocycles. The smallest absolute Gasteiger partial charge is 0.269 e. The van der Waals surface area contributed by atoms with Gasteiger partial charge in [0.05, 0.1) is 14.7 Å². The molecule has 0 bridgehead atoms. The predicted octanol–water partition coefficient (Wildman–Crippen LogP) is 5.55. The Labute approximate surface area is 178 Å². The van der Waals surface area contributed by atoms with Crippen LogP contribution in [-0.2, 0) is 14.6 Å². The van der Waals surface area contributed by atoms with Crippen molar-refractivity contribution in [1.82, 2.24) is 0 Å². The third-order valence-electron chi connectivity index (χ3n) is 4.84. The van der Waals surface area contributed by atoms with Gasteiger partial charge >= 0.3 is 0 Å². The fraction of sp³-hybridized carbons (Fsp3) is 0.0909. The normalized spacial score (nSPS) is 16.4. The van der Waals surface area contributed by atoms with Crippen LogP contribution in [-0.4, -0.2) is 13.3 Å². The van der Waals surface area contributed by atoms with Gasteiger partial charge in [0.15, 0.2) is 0 Å². The summed E-state index contributed by atoms with van der Waals surface area (Å²) in [6, 6.07) is 20.9. The molecule has 8 heteroatoms. The van der Waals surface area contributed by atoms with Crippen LogP contribution in [0.1, 0.15) is 23.7 Å². The van der Waals surface area contributed by atoms with Crippen LogP contribution in [0, 0.1) is 10.1 Å². The number of nitro benzene ring substituents is 1. The largest absolute Gasteiger partial charge is 0.484 e. The van der Waals surface area contributed by atoms with Crippen molar-refractivity contribution in [2.45, 2.75) is 17.4 Å². The average molecular weight is 442 g/mol. The molecule has 1 unspecified atom stereocenters. The molecule has 0 saturated heterocycles. The fourth-order valence-corrected chi connectivity index (χ4v) is 5.00. The molecule has 1 aliphatic rings. The first-order valence-electron chi connectivity index (χ1n) is 9.06. The number of benzene rings is 3. The van der Waals surface area contributed by atoms with Crippen molar-refractivity contribution in [3.63, 3.8) is 0 Å². The molecule has 6 nitrogen and oxygen atoms in total. The maximum atomic E-state index is 13.4. The Bertz CT molecular complexity index is 1220. The standard InChI is InChI=1S/C22H16ClNO5S/c23-17-8-12-19(13-9-17)30(27,28)21-14-20(15-4-2-1-3-5-15)29-22(21)16-6-10-18(11-7-16)24(25)26/h1-13,20H,14H2. The maximum absolute atomic E-state index is 13.4. The number of ether oxygens (including phenoxy) is 1. The minimum absolute atomic E-state index is 0.0842. The minimum Gasteiger partial charge on any atom is -0.484 e. The second-order valence-electron chi connectivity index (χ2n) is 6.73. The highest BCUT2D eigenvalue weighted by atomic mass is 35.5. The summed E-state index contributed by atoms with van der Waals surface area (Å²) in [5.41, 5.74) is 1.23. The van der Waals surface area contributed by atoms with Gasteiger partial charge in [-0.3, -0.25) is 10.1 Å². The van der Waals surface area contributed by atoms with Gasteiger partial charge in [-0.15, -0.1) is 0 Å². The first kappa shape index (κ1) is 20.1. The quantitative estimate of drug-likeness (QED) is 0.382. The number of nitro groups is 1. The van der Waals surface area contributed by atoms with Crippen molar-refractivity contribution < 1.29 is 18.1 Å². The van der Waals surface area contributed by atoms with E-state index >= 15 is 0 Å². The van der Waals surface area contributed by atoms with E-state index in [-0.39, 0.29) is 27.7 Å². The van der Waals surface area contributed by atoms with Gasteiger partial charge in [-0.25, -0.2) is 8.42 Å². The summed E-state index contributed by atoms with van der Waals surface area (Å²) in [6.07, 6.45) is -0.324. The lowest BCUT2D eigenvalue weighted by Crippen LogP contribution is -2.05. The van der Waals surface area contributed by atoms with Crippen molar-refractivity contribution in [3.8, 4) is 0 Å². The maximum Gasteiger partial charge on any atom is 0.269 e. The highest BCUT2D eigenvalue weighted by Gasteiger charge is 2.36. The Kier molecular flexibility index (Phi) is 5.32. The molecule has 0 N–H and O–H groups in total. The predicted molar refractivity (Wildman–Crippen MR) is 114 cm³/mol. The Hall–Kier alpha value is -3.16. The fourth-order valence-electron chi connectivity index (χ4n) is 3.32. The SMILES string of the molecule is O=[N+]([O-])c1ccc(C2=C(S(=O)(=O)c3ccc(Cl)cc3)CC(c3ccccc3)O2)cc1. The molecule has 4 rings (SSSR count). The number of hydrogen-bond donors (Lipinski definition) is 0. The Balaban J connectivity index is 1.81. The Morgan fingerprint density at radius 3 is 2.17 bits per heavy atom. The van der Waals surface area contributed by atoms with Crippen LogP contribution in [0.5, 0.6) is 0 Å². The lowest BCUT2D eigenvalue weighted by atomic mass is 10.1. The number of sulfone groups is 1. The second kappa shape index (κ2) is 7.93. The van der Waals surface area contributed by atoms with E-state index in [4.69, 9.17) is 16.3 Å². The monoisotopic (exact) mass is 441 g/mol. The molecule has 0 aromatic heterocycles. The van der Waals surface area contributed by atoms with Crippen LogP contribution < -0.4 is 0 Å². The van der Waals surface area contributed by atoms with Gasteiger partial charge in [0.1, 0.15) is 11.9 Å². The van der Waals surface area contributed by atoms with E-state index in [1.165, 1.54) is 48.5 Å². The van der Waals surface area contributed by atoms with Crippen LogP contribution in [0.25, 0.3) is 5.76 Å². The molecule has 3 aromatic rings. The molecular formula is C22H16ClNO5S. The Morgan fingerprint density at radius 1 is 0.933 bits per heavy atom. The summed E-state index contributed by atoms with van der Waals surface area (Å²) in [5.74, 6) is 0.203. The van der Waals surface area contributed by atoms with Crippen molar-refractivity contribution in [2.75, 3.05) is 0 Å². The van der Waals surface area contributed by atoms with E-state index in [0.717, 1.165) is 5.56 Å². The van der Waals surface area contributed by atoms with Crippen LogP contribution >= 0.6 is 11.6 Å². The molecule has 1 aliphatic heterocycles. The molecule has 1 atom stereocenters. The number of nitrogens with zero attached hydrogens (tertiary/aromatic N) is 1. The van der Waals surface area contributed by atoms with Gasteiger partial charge < -0.3 is 4.74 Å². The second-order valence-corrected chi connectivity index (χ2v) is 9.14. The lowest BCUT2D eigenvalue weighted by Gasteiger charge is -2.13.